The fourth-order valence-corrected chi connectivity index (χ4v) is 4.06. The number of carbonyl (C=O) groups excluding carboxylic acids is 2. The van der Waals surface area contributed by atoms with Crippen molar-refractivity contribution in [2.45, 2.75) is 0 Å². The van der Waals surface area contributed by atoms with E-state index in [9.17, 15) is 14.4 Å². The second-order valence-electron chi connectivity index (χ2n) is 5.84. The predicted molar refractivity (Wildman–Crippen MR) is 119 cm³/mol. The van der Waals surface area contributed by atoms with Gasteiger partial charge in [-0.25, -0.2) is 4.79 Å². The number of nitrogens with zero attached hydrogens (tertiary/aromatic N) is 1. The Morgan fingerprint density at radius 3 is 2.70 bits per heavy atom. The van der Waals surface area contributed by atoms with Crippen molar-refractivity contribution in [3.63, 3.8) is 0 Å². The third-order valence-electron chi connectivity index (χ3n) is 3.70. The lowest BCUT2D eigenvalue weighted by Gasteiger charge is -2.16. The molecule has 2 N–H and O–H groups in total. The first-order chi connectivity index (χ1) is 14.2. The Morgan fingerprint density at radius 1 is 1.23 bits per heavy atom. The van der Waals surface area contributed by atoms with Crippen LogP contribution in [0, 0.1) is 0 Å². The lowest BCUT2D eigenvalue weighted by molar-refractivity contribution is -0.139. The molecule has 7 nitrogen and oxygen atoms in total. The van der Waals surface area contributed by atoms with Crippen LogP contribution in [0.3, 0.4) is 0 Å². The monoisotopic (exact) mass is 482 g/mol. The summed E-state index contributed by atoms with van der Waals surface area (Å²) in [6.45, 7) is -0.481. The number of ether oxygens (including phenoxy) is 1. The van der Waals surface area contributed by atoms with Crippen LogP contribution in [0.2, 0.25) is 10.0 Å². The maximum atomic E-state index is 12.7. The summed E-state index contributed by atoms with van der Waals surface area (Å²) in [5, 5.41) is 10.2. The number of nitrogens with one attached hydrogen (secondary N) is 1. The van der Waals surface area contributed by atoms with Crippen LogP contribution in [0.25, 0.3) is 6.08 Å². The molecule has 0 radical (unpaired) electrons. The molecule has 0 aliphatic carbocycles. The highest BCUT2D eigenvalue weighted by Gasteiger charge is 2.34. The fraction of sp³-hybridized carbons (Fsp3) is 0.0526. The van der Waals surface area contributed by atoms with E-state index in [1.165, 1.54) is 18.2 Å². The Balaban J connectivity index is 1.75. The molecule has 1 saturated heterocycles. The third kappa shape index (κ3) is 5.31. The van der Waals surface area contributed by atoms with Crippen molar-refractivity contribution in [3.05, 3.63) is 68.5 Å². The smallest absolute Gasteiger partial charge is 0.341 e. The number of thiocarbonyl (C=S) groups is 1. The molecule has 0 unspecified atom stereocenters. The van der Waals surface area contributed by atoms with Crippen LogP contribution >= 0.6 is 47.2 Å². The number of halogens is 2. The van der Waals surface area contributed by atoms with Crippen molar-refractivity contribution >= 4 is 75.4 Å². The average molecular weight is 483 g/mol. The number of rotatable bonds is 6. The van der Waals surface area contributed by atoms with Crippen molar-refractivity contribution in [2.24, 2.45) is 0 Å². The van der Waals surface area contributed by atoms with Gasteiger partial charge in [0.1, 0.15) is 5.75 Å². The van der Waals surface area contributed by atoms with Crippen LogP contribution in [0.5, 0.6) is 5.75 Å². The zero-order valence-corrected chi connectivity index (χ0v) is 18.1. The van der Waals surface area contributed by atoms with Crippen LogP contribution in [0.1, 0.15) is 15.9 Å². The van der Waals surface area contributed by atoms with E-state index in [1.54, 1.807) is 30.3 Å². The van der Waals surface area contributed by atoms with Crippen molar-refractivity contribution in [2.75, 3.05) is 6.61 Å². The number of hydrazine groups is 1. The molecule has 2 aromatic carbocycles. The van der Waals surface area contributed by atoms with Gasteiger partial charge in [0.2, 0.25) is 0 Å². The number of amides is 2. The first kappa shape index (κ1) is 22.1. The molecule has 2 amide bonds. The Labute approximate surface area is 190 Å². The molecule has 11 heteroatoms. The van der Waals surface area contributed by atoms with Gasteiger partial charge in [-0.15, -0.1) is 0 Å². The van der Waals surface area contributed by atoms with E-state index in [4.69, 9.17) is 45.3 Å². The van der Waals surface area contributed by atoms with E-state index >= 15 is 0 Å². The third-order valence-corrected chi connectivity index (χ3v) is 5.55. The minimum Gasteiger partial charge on any atom is -0.482 e. The summed E-state index contributed by atoms with van der Waals surface area (Å²) in [5.74, 6) is -1.89. The number of hydrogen-bond donors (Lipinski definition) is 2. The predicted octanol–water partition coefficient (Wildman–Crippen LogP) is 4.00. The van der Waals surface area contributed by atoms with E-state index in [0.717, 1.165) is 16.8 Å². The van der Waals surface area contributed by atoms with Crippen LogP contribution in [-0.2, 0) is 9.59 Å². The van der Waals surface area contributed by atoms with Crippen LogP contribution in [0.4, 0.5) is 0 Å². The molecule has 1 aliphatic heterocycles. The Morgan fingerprint density at radius 2 is 2.00 bits per heavy atom. The van der Waals surface area contributed by atoms with Crippen LogP contribution < -0.4 is 10.2 Å². The topological polar surface area (TPSA) is 95.9 Å². The summed E-state index contributed by atoms with van der Waals surface area (Å²) in [4.78, 5) is 36.1. The molecule has 0 spiro atoms. The van der Waals surface area contributed by atoms with Crippen molar-refractivity contribution in [3.8, 4) is 5.75 Å². The van der Waals surface area contributed by atoms with Crippen molar-refractivity contribution < 1.29 is 24.2 Å². The van der Waals surface area contributed by atoms with E-state index in [-0.39, 0.29) is 19.8 Å². The van der Waals surface area contributed by atoms with Gasteiger partial charge in [0.05, 0.1) is 15.5 Å². The van der Waals surface area contributed by atoms with Gasteiger partial charge in [0.25, 0.3) is 11.8 Å². The number of carboxylic acid groups (broad SMARTS) is 1. The number of hydrogen-bond acceptors (Lipinski definition) is 6. The highest BCUT2D eigenvalue weighted by Crippen LogP contribution is 2.32. The molecule has 2 aromatic rings. The minimum absolute atomic E-state index is 0.138. The van der Waals surface area contributed by atoms with E-state index in [0.29, 0.717) is 16.3 Å². The van der Waals surface area contributed by atoms with E-state index in [2.05, 4.69) is 5.43 Å². The van der Waals surface area contributed by atoms with Gasteiger partial charge < -0.3 is 9.84 Å². The maximum Gasteiger partial charge on any atom is 0.341 e. The van der Waals surface area contributed by atoms with Crippen molar-refractivity contribution in [1.82, 2.24) is 10.4 Å². The molecule has 1 fully saturated rings. The van der Waals surface area contributed by atoms with E-state index in [1.807, 2.05) is 0 Å². The van der Waals surface area contributed by atoms with E-state index < -0.39 is 24.4 Å². The fourth-order valence-electron chi connectivity index (χ4n) is 2.39. The van der Waals surface area contributed by atoms with Gasteiger partial charge in [-0.05, 0) is 54.2 Å². The largest absolute Gasteiger partial charge is 0.482 e. The van der Waals surface area contributed by atoms with Gasteiger partial charge in [-0.2, -0.15) is 5.01 Å². The molecular formula is C19H12Cl2N2O5S2. The lowest BCUT2D eigenvalue weighted by Crippen LogP contribution is -2.44. The Bertz CT molecular complexity index is 1090. The van der Waals surface area contributed by atoms with Crippen LogP contribution in [-0.4, -0.2) is 38.8 Å². The van der Waals surface area contributed by atoms with Crippen LogP contribution in [0.15, 0.2) is 47.4 Å². The SMILES string of the molecule is O=C(O)COc1cccc(/C=C2/SC(=S)N(NC(=O)c3ccc(Cl)cc3Cl)C2=O)c1. The molecule has 154 valence electrons. The summed E-state index contributed by atoms with van der Waals surface area (Å²) < 4.78 is 5.27. The normalized spacial score (nSPS) is 14.9. The summed E-state index contributed by atoms with van der Waals surface area (Å²) in [5.41, 5.74) is 3.18. The van der Waals surface area contributed by atoms with Gasteiger partial charge in [0.15, 0.2) is 10.9 Å². The molecule has 0 bridgehead atoms. The number of carboxylic acids is 1. The zero-order valence-electron chi connectivity index (χ0n) is 14.9. The van der Waals surface area contributed by atoms with Crippen molar-refractivity contribution in [1.29, 1.82) is 0 Å². The molecule has 1 heterocycles. The maximum absolute atomic E-state index is 12.7. The Kier molecular flexibility index (Phi) is 6.99. The van der Waals surface area contributed by atoms with Gasteiger partial charge in [0, 0.05) is 5.02 Å². The average Bonchev–Trinajstić information content (AvgIpc) is 2.94. The first-order valence-electron chi connectivity index (χ1n) is 8.23. The summed E-state index contributed by atoms with van der Waals surface area (Å²) in [7, 11) is 0. The Hall–Kier alpha value is -2.59. The highest BCUT2D eigenvalue weighted by molar-refractivity contribution is 8.26. The lowest BCUT2D eigenvalue weighted by atomic mass is 10.2. The molecule has 0 atom stereocenters. The first-order valence-corrected chi connectivity index (χ1v) is 10.2. The number of carbonyl (C=O) groups is 3. The second kappa shape index (κ2) is 9.48. The molecule has 0 saturated carbocycles. The number of benzene rings is 2. The molecule has 0 aromatic heterocycles. The molecule has 1 aliphatic rings. The molecule has 30 heavy (non-hydrogen) atoms. The minimum atomic E-state index is -1.10. The summed E-state index contributed by atoms with van der Waals surface area (Å²) in [6.07, 6.45) is 1.56. The molecule has 3 rings (SSSR count). The quantitative estimate of drug-likeness (QED) is 0.474. The number of aliphatic carboxylic acids is 1. The summed E-state index contributed by atoms with van der Waals surface area (Å²) in [6, 6.07) is 10.9. The highest BCUT2D eigenvalue weighted by atomic mass is 35.5. The number of thioether (sulfide) groups is 1. The molecular weight excluding hydrogens is 471 g/mol. The van der Waals surface area contributed by atoms with Gasteiger partial charge in [-0.3, -0.25) is 15.0 Å². The summed E-state index contributed by atoms with van der Waals surface area (Å²) >= 11 is 18.1. The van der Waals surface area contributed by atoms with Gasteiger partial charge in [-0.1, -0.05) is 47.1 Å². The van der Waals surface area contributed by atoms with Gasteiger partial charge >= 0.3 is 5.97 Å². The standard InChI is InChI=1S/C19H12Cl2N2O5S2/c20-11-4-5-13(14(21)8-11)17(26)22-23-18(27)15(30-19(23)29)7-10-2-1-3-12(6-10)28-9-16(24)25/h1-8H,9H2,(H,22,26)(H,24,25)/b15-7+. The second-order valence-corrected chi connectivity index (χ2v) is 8.36. The zero-order chi connectivity index (χ0) is 21.8.